The first-order chi connectivity index (χ1) is 10.3. The Morgan fingerprint density at radius 1 is 0.762 bits per heavy atom. The van der Waals surface area contributed by atoms with E-state index in [1.54, 1.807) is 38.5 Å². The second-order valence-corrected chi connectivity index (χ2v) is 4.69. The normalized spacial score (nSPS) is 10.6. The number of halogens is 1. The zero-order valence-corrected chi connectivity index (χ0v) is 11.9. The highest BCUT2D eigenvalue weighted by atomic mass is 19.1. The summed E-state index contributed by atoms with van der Waals surface area (Å²) in [5.74, 6) is 0.906. The molecule has 0 radical (unpaired) electrons. The van der Waals surface area contributed by atoms with E-state index in [9.17, 15) is 4.39 Å². The first kappa shape index (κ1) is 13.4. The van der Waals surface area contributed by atoms with Crippen LogP contribution in [0.4, 0.5) is 4.39 Å². The van der Waals surface area contributed by atoms with Crippen LogP contribution in [-0.4, -0.2) is 14.2 Å². The van der Waals surface area contributed by atoms with Gasteiger partial charge in [-0.15, -0.1) is 0 Å². The molecule has 0 amide bonds. The molecule has 0 aliphatic heterocycles. The maximum atomic E-state index is 14.9. The summed E-state index contributed by atoms with van der Waals surface area (Å²) in [4.78, 5) is 0. The lowest BCUT2D eigenvalue weighted by Crippen LogP contribution is -1.95. The van der Waals surface area contributed by atoms with Crippen molar-refractivity contribution >= 4 is 10.8 Å². The summed E-state index contributed by atoms with van der Waals surface area (Å²) < 4.78 is 25.6. The van der Waals surface area contributed by atoms with E-state index in [-0.39, 0.29) is 5.82 Å². The van der Waals surface area contributed by atoms with Gasteiger partial charge >= 0.3 is 0 Å². The first-order valence-electron chi connectivity index (χ1n) is 6.65. The Bertz CT molecular complexity index is 774. The van der Waals surface area contributed by atoms with Gasteiger partial charge in [0.2, 0.25) is 0 Å². The second-order valence-electron chi connectivity index (χ2n) is 4.69. The molecule has 3 aromatic rings. The zero-order valence-electron chi connectivity index (χ0n) is 11.9. The van der Waals surface area contributed by atoms with E-state index in [4.69, 9.17) is 9.47 Å². The first-order valence-corrected chi connectivity index (χ1v) is 6.65. The van der Waals surface area contributed by atoms with E-state index in [1.807, 2.05) is 30.3 Å². The van der Waals surface area contributed by atoms with E-state index in [0.29, 0.717) is 28.0 Å². The third kappa shape index (κ3) is 2.21. The molecule has 3 rings (SSSR count). The highest BCUT2D eigenvalue weighted by molar-refractivity contribution is 5.90. The number of benzene rings is 3. The lowest BCUT2D eigenvalue weighted by atomic mass is 9.98. The molecule has 0 spiro atoms. The van der Waals surface area contributed by atoms with Gasteiger partial charge in [0.05, 0.1) is 19.8 Å². The highest BCUT2D eigenvalue weighted by Crippen LogP contribution is 2.40. The summed E-state index contributed by atoms with van der Waals surface area (Å²) in [5.41, 5.74) is 1.11. The Hall–Kier alpha value is -2.55. The van der Waals surface area contributed by atoms with Crippen molar-refractivity contribution in [2.45, 2.75) is 0 Å². The van der Waals surface area contributed by atoms with Crippen LogP contribution in [0.15, 0.2) is 54.6 Å². The lowest BCUT2D eigenvalue weighted by Gasteiger charge is -2.14. The maximum absolute atomic E-state index is 14.9. The van der Waals surface area contributed by atoms with Crippen LogP contribution in [0.1, 0.15) is 0 Å². The molecule has 0 aliphatic rings. The van der Waals surface area contributed by atoms with Gasteiger partial charge in [0.25, 0.3) is 0 Å². The van der Waals surface area contributed by atoms with E-state index in [1.165, 1.54) is 0 Å². The van der Waals surface area contributed by atoms with Crippen molar-refractivity contribution in [2.24, 2.45) is 0 Å². The molecular formula is C18H15FO2. The van der Waals surface area contributed by atoms with Crippen LogP contribution >= 0.6 is 0 Å². The molecule has 0 unspecified atom stereocenters. The molecule has 0 saturated heterocycles. The summed E-state index contributed by atoms with van der Waals surface area (Å²) >= 11 is 0. The number of methoxy groups -OCH3 is 2. The number of hydrogen-bond acceptors (Lipinski definition) is 2. The van der Waals surface area contributed by atoms with Crippen molar-refractivity contribution in [3.05, 3.63) is 60.4 Å². The van der Waals surface area contributed by atoms with Crippen LogP contribution in [0.25, 0.3) is 21.9 Å². The number of rotatable bonds is 3. The minimum absolute atomic E-state index is 0.268. The Morgan fingerprint density at radius 2 is 1.43 bits per heavy atom. The zero-order chi connectivity index (χ0) is 14.8. The van der Waals surface area contributed by atoms with Gasteiger partial charge in [0.15, 0.2) is 0 Å². The van der Waals surface area contributed by atoms with E-state index >= 15 is 0 Å². The maximum Gasteiger partial charge on any atom is 0.139 e. The molecule has 3 aromatic carbocycles. The standard InChI is InChI=1S/C18H15FO2/c1-20-15-8-5-9-16(21-2)17(15)14-11-10-12-6-3-4-7-13(12)18(14)19/h3-11H,1-2H3. The third-order valence-corrected chi connectivity index (χ3v) is 3.56. The van der Waals surface area contributed by atoms with Gasteiger partial charge in [-0.05, 0) is 17.5 Å². The Labute approximate surface area is 122 Å². The quantitative estimate of drug-likeness (QED) is 0.695. The number of hydrogen-bond donors (Lipinski definition) is 0. The minimum atomic E-state index is -0.268. The predicted octanol–water partition coefficient (Wildman–Crippen LogP) is 4.66. The minimum Gasteiger partial charge on any atom is -0.496 e. The summed E-state index contributed by atoms with van der Waals surface area (Å²) in [6.07, 6.45) is 0. The topological polar surface area (TPSA) is 18.5 Å². The van der Waals surface area contributed by atoms with Gasteiger partial charge in [0, 0.05) is 10.9 Å². The van der Waals surface area contributed by atoms with Crippen molar-refractivity contribution in [2.75, 3.05) is 14.2 Å². The van der Waals surface area contributed by atoms with E-state index in [0.717, 1.165) is 5.39 Å². The summed E-state index contributed by atoms with van der Waals surface area (Å²) in [6.45, 7) is 0. The van der Waals surface area contributed by atoms with Crippen LogP contribution in [-0.2, 0) is 0 Å². The van der Waals surface area contributed by atoms with Crippen LogP contribution in [0.3, 0.4) is 0 Å². The van der Waals surface area contributed by atoms with Gasteiger partial charge < -0.3 is 9.47 Å². The van der Waals surface area contributed by atoms with Gasteiger partial charge in [-0.1, -0.05) is 42.5 Å². The average molecular weight is 282 g/mol. The number of fused-ring (bicyclic) bond motifs is 1. The van der Waals surface area contributed by atoms with Gasteiger partial charge in [-0.3, -0.25) is 0 Å². The Kier molecular flexibility index (Phi) is 3.48. The van der Waals surface area contributed by atoms with E-state index < -0.39 is 0 Å². The summed E-state index contributed by atoms with van der Waals surface area (Å²) in [5, 5.41) is 1.45. The third-order valence-electron chi connectivity index (χ3n) is 3.56. The molecule has 0 saturated carbocycles. The van der Waals surface area contributed by atoms with Gasteiger partial charge in [-0.2, -0.15) is 0 Å². The monoisotopic (exact) mass is 282 g/mol. The molecule has 21 heavy (non-hydrogen) atoms. The molecular weight excluding hydrogens is 267 g/mol. The van der Waals surface area contributed by atoms with E-state index in [2.05, 4.69) is 0 Å². The fourth-order valence-corrected chi connectivity index (χ4v) is 2.54. The smallest absolute Gasteiger partial charge is 0.139 e. The lowest BCUT2D eigenvalue weighted by molar-refractivity contribution is 0.397. The largest absolute Gasteiger partial charge is 0.496 e. The van der Waals surface area contributed by atoms with Gasteiger partial charge in [0.1, 0.15) is 17.3 Å². The van der Waals surface area contributed by atoms with Crippen molar-refractivity contribution < 1.29 is 13.9 Å². The second kappa shape index (κ2) is 5.44. The van der Waals surface area contributed by atoms with Crippen molar-refractivity contribution in [3.63, 3.8) is 0 Å². The average Bonchev–Trinajstić information content (AvgIpc) is 2.55. The summed E-state index contributed by atoms with van der Waals surface area (Å²) in [6, 6.07) is 16.5. The number of ether oxygens (including phenoxy) is 2. The van der Waals surface area contributed by atoms with Crippen LogP contribution < -0.4 is 9.47 Å². The SMILES string of the molecule is COc1cccc(OC)c1-c1ccc2ccccc2c1F. The van der Waals surface area contributed by atoms with Gasteiger partial charge in [-0.25, -0.2) is 4.39 Å². The Morgan fingerprint density at radius 3 is 2.10 bits per heavy atom. The molecule has 0 aromatic heterocycles. The molecule has 3 heteroatoms. The van der Waals surface area contributed by atoms with Crippen molar-refractivity contribution in [3.8, 4) is 22.6 Å². The van der Waals surface area contributed by atoms with Crippen LogP contribution in [0, 0.1) is 5.82 Å². The molecule has 0 bridgehead atoms. The molecule has 2 nitrogen and oxygen atoms in total. The fourth-order valence-electron chi connectivity index (χ4n) is 2.54. The van der Waals surface area contributed by atoms with Crippen molar-refractivity contribution in [1.82, 2.24) is 0 Å². The predicted molar refractivity (Wildman–Crippen MR) is 82.4 cm³/mol. The molecule has 106 valence electrons. The molecule has 0 aliphatic carbocycles. The fraction of sp³-hybridized carbons (Fsp3) is 0.111. The summed E-state index contributed by atoms with van der Waals surface area (Å²) in [7, 11) is 3.13. The molecule has 0 fully saturated rings. The Balaban J connectivity index is 2.33. The highest BCUT2D eigenvalue weighted by Gasteiger charge is 2.17. The van der Waals surface area contributed by atoms with Crippen LogP contribution in [0.5, 0.6) is 11.5 Å². The van der Waals surface area contributed by atoms with Crippen LogP contribution in [0.2, 0.25) is 0 Å². The molecule has 0 atom stereocenters. The molecule has 0 heterocycles. The van der Waals surface area contributed by atoms with Crippen molar-refractivity contribution in [1.29, 1.82) is 0 Å². The molecule has 0 N–H and O–H groups in total.